The van der Waals surface area contributed by atoms with Crippen molar-refractivity contribution in [2.45, 2.75) is 53.0 Å². The molecule has 2 rings (SSSR count). The quantitative estimate of drug-likeness (QED) is 0.744. The third kappa shape index (κ3) is 3.95. The van der Waals surface area contributed by atoms with Crippen molar-refractivity contribution in [3.05, 3.63) is 28.5 Å². The van der Waals surface area contributed by atoms with Crippen LogP contribution >= 0.6 is 15.9 Å². The Kier molecular flexibility index (Phi) is 3.97. The smallest absolute Gasteiger partial charge is 0.137 e. The molecule has 106 valence electrons. The van der Waals surface area contributed by atoms with Crippen molar-refractivity contribution in [2.75, 3.05) is 5.32 Å². The zero-order valence-corrected chi connectivity index (χ0v) is 13.8. The van der Waals surface area contributed by atoms with E-state index in [2.05, 4.69) is 48.9 Å². The molecule has 1 aromatic rings. The molecule has 0 aliphatic heterocycles. The second kappa shape index (κ2) is 5.08. The van der Waals surface area contributed by atoms with E-state index in [1.54, 1.807) is 0 Å². The molecular weight excluding hydrogens is 305 g/mol. The molecule has 1 aromatic carbocycles. The molecule has 1 aliphatic carbocycles. The number of nitrogens with one attached hydrogen (secondary N) is 1. The third-order valence-corrected chi connectivity index (χ3v) is 4.45. The van der Waals surface area contributed by atoms with Crippen molar-refractivity contribution in [1.82, 2.24) is 0 Å². The summed E-state index contributed by atoms with van der Waals surface area (Å²) >= 11 is 3.24. The van der Waals surface area contributed by atoms with Gasteiger partial charge < -0.3 is 5.32 Å². The molecule has 0 radical (unpaired) electrons. The molecule has 0 saturated heterocycles. The van der Waals surface area contributed by atoms with Crippen LogP contribution in [0.25, 0.3) is 0 Å². The van der Waals surface area contributed by atoms with E-state index in [4.69, 9.17) is 0 Å². The largest absolute Gasteiger partial charge is 0.382 e. The fourth-order valence-electron chi connectivity index (χ4n) is 3.77. The second-order valence-corrected chi connectivity index (χ2v) is 8.24. The average Bonchev–Trinajstić information content (AvgIpc) is 2.18. The standard InChI is InChI=1S/C16H23BrFN/c1-15(2)8-12(9-16(3,4)10-15)19-11-5-6-14(18)13(17)7-11/h5-7,12,19H,8-10H2,1-4H3. The van der Waals surface area contributed by atoms with Crippen LogP contribution < -0.4 is 5.32 Å². The maximum atomic E-state index is 13.2. The summed E-state index contributed by atoms with van der Waals surface area (Å²) in [6, 6.07) is 5.60. The Morgan fingerprint density at radius 3 is 2.26 bits per heavy atom. The van der Waals surface area contributed by atoms with Crippen molar-refractivity contribution < 1.29 is 4.39 Å². The molecule has 1 nitrogen and oxygen atoms in total. The van der Waals surface area contributed by atoms with Gasteiger partial charge >= 0.3 is 0 Å². The first-order valence-electron chi connectivity index (χ1n) is 6.89. The first-order valence-corrected chi connectivity index (χ1v) is 7.68. The Balaban J connectivity index is 2.11. The minimum absolute atomic E-state index is 0.213. The van der Waals surface area contributed by atoms with Gasteiger partial charge in [-0.2, -0.15) is 0 Å². The van der Waals surface area contributed by atoms with E-state index >= 15 is 0 Å². The van der Waals surface area contributed by atoms with Gasteiger partial charge in [0.2, 0.25) is 0 Å². The molecule has 1 N–H and O–H groups in total. The number of hydrogen-bond donors (Lipinski definition) is 1. The number of hydrogen-bond acceptors (Lipinski definition) is 1. The molecule has 3 heteroatoms. The summed E-state index contributed by atoms with van der Waals surface area (Å²) in [6.45, 7) is 9.35. The molecule has 1 aliphatic rings. The van der Waals surface area contributed by atoms with Gasteiger partial charge in [0.25, 0.3) is 0 Å². The first kappa shape index (κ1) is 14.8. The third-order valence-electron chi connectivity index (χ3n) is 3.85. The zero-order valence-electron chi connectivity index (χ0n) is 12.2. The Hall–Kier alpha value is -0.570. The number of rotatable bonds is 2. The lowest BCUT2D eigenvalue weighted by Crippen LogP contribution is -2.40. The van der Waals surface area contributed by atoms with Gasteiger partial charge in [-0.1, -0.05) is 27.7 Å². The highest BCUT2D eigenvalue weighted by Gasteiger charge is 2.38. The van der Waals surface area contributed by atoms with Crippen molar-refractivity contribution in [1.29, 1.82) is 0 Å². The van der Waals surface area contributed by atoms with Gasteiger partial charge in [0, 0.05) is 11.7 Å². The molecule has 0 amide bonds. The van der Waals surface area contributed by atoms with E-state index in [0.29, 0.717) is 21.3 Å². The van der Waals surface area contributed by atoms with E-state index in [-0.39, 0.29) is 5.82 Å². The molecule has 0 atom stereocenters. The zero-order chi connectivity index (χ0) is 14.3. The van der Waals surface area contributed by atoms with E-state index in [1.165, 1.54) is 12.5 Å². The summed E-state index contributed by atoms with van der Waals surface area (Å²) in [6.07, 6.45) is 3.57. The van der Waals surface area contributed by atoms with E-state index in [9.17, 15) is 4.39 Å². The Morgan fingerprint density at radius 1 is 1.16 bits per heavy atom. The van der Waals surface area contributed by atoms with Crippen LogP contribution in [0.5, 0.6) is 0 Å². The van der Waals surface area contributed by atoms with Gasteiger partial charge in [-0.15, -0.1) is 0 Å². The predicted octanol–water partition coefficient (Wildman–Crippen LogP) is 5.61. The molecule has 0 bridgehead atoms. The number of benzene rings is 1. The fourth-order valence-corrected chi connectivity index (χ4v) is 4.15. The molecule has 0 aromatic heterocycles. The monoisotopic (exact) mass is 327 g/mol. The Bertz CT molecular complexity index is 452. The molecule has 0 spiro atoms. The van der Waals surface area contributed by atoms with Crippen LogP contribution in [-0.2, 0) is 0 Å². The number of halogens is 2. The van der Waals surface area contributed by atoms with Crippen molar-refractivity contribution in [2.24, 2.45) is 10.8 Å². The summed E-state index contributed by atoms with van der Waals surface area (Å²) in [5.74, 6) is -0.213. The summed E-state index contributed by atoms with van der Waals surface area (Å²) in [5.41, 5.74) is 1.71. The molecule has 19 heavy (non-hydrogen) atoms. The highest BCUT2D eigenvalue weighted by Crippen LogP contribution is 2.46. The van der Waals surface area contributed by atoms with Gasteiger partial charge in [-0.3, -0.25) is 0 Å². The van der Waals surface area contributed by atoms with Gasteiger partial charge in [0.05, 0.1) is 4.47 Å². The summed E-state index contributed by atoms with van der Waals surface area (Å²) in [5, 5.41) is 3.56. The van der Waals surface area contributed by atoms with Crippen molar-refractivity contribution >= 4 is 21.6 Å². The normalized spacial score (nSPS) is 22.2. The second-order valence-electron chi connectivity index (χ2n) is 7.38. The van der Waals surface area contributed by atoms with Crippen LogP contribution in [-0.4, -0.2) is 6.04 Å². The van der Waals surface area contributed by atoms with Gasteiger partial charge in [0.15, 0.2) is 0 Å². The lowest BCUT2D eigenvalue weighted by molar-refractivity contribution is 0.105. The van der Waals surface area contributed by atoms with Crippen molar-refractivity contribution in [3.63, 3.8) is 0 Å². The van der Waals surface area contributed by atoms with Crippen molar-refractivity contribution in [3.8, 4) is 0 Å². The average molecular weight is 328 g/mol. The highest BCUT2D eigenvalue weighted by molar-refractivity contribution is 9.10. The minimum atomic E-state index is -0.213. The molecule has 0 unspecified atom stereocenters. The minimum Gasteiger partial charge on any atom is -0.382 e. The van der Waals surface area contributed by atoms with E-state index < -0.39 is 0 Å². The number of anilines is 1. The Morgan fingerprint density at radius 2 is 1.74 bits per heavy atom. The molecule has 1 saturated carbocycles. The maximum absolute atomic E-state index is 13.2. The van der Waals surface area contributed by atoms with Crippen LogP contribution in [0.3, 0.4) is 0 Å². The SMILES string of the molecule is CC1(C)CC(Nc2ccc(F)c(Br)c2)CC(C)(C)C1. The van der Waals surface area contributed by atoms with Gasteiger partial charge in [0.1, 0.15) is 5.82 Å². The van der Waals surface area contributed by atoms with Crippen LogP contribution in [0, 0.1) is 16.6 Å². The van der Waals surface area contributed by atoms with Gasteiger partial charge in [-0.25, -0.2) is 4.39 Å². The molecular formula is C16H23BrFN. The highest BCUT2D eigenvalue weighted by atomic mass is 79.9. The lowest BCUT2D eigenvalue weighted by Gasteiger charge is -2.45. The topological polar surface area (TPSA) is 12.0 Å². The van der Waals surface area contributed by atoms with E-state index in [1.807, 2.05) is 12.1 Å². The van der Waals surface area contributed by atoms with Crippen LogP contribution in [0.2, 0.25) is 0 Å². The first-order chi connectivity index (χ1) is 8.67. The summed E-state index contributed by atoms with van der Waals surface area (Å²) in [7, 11) is 0. The van der Waals surface area contributed by atoms with Gasteiger partial charge in [-0.05, 0) is 64.2 Å². The summed E-state index contributed by atoms with van der Waals surface area (Å²) < 4.78 is 13.8. The van der Waals surface area contributed by atoms with Crippen LogP contribution in [0.15, 0.2) is 22.7 Å². The fraction of sp³-hybridized carbons (Fsp3) is 0.625. The molecule has 1 fully saturated rings. The summed E-state index contributed by atoms with van der Waals surface area (Å²) in [4.78, 5) is 0. The lowest BCUT2D eigenvalue weighted by atomic mass is 9.63. The predicted molar refractivity (Wildman–Crippen MR) is 82.9 cm³/mol. The maximum Gasteiger partial charge on any atom is 0.137 e. The van der Waals surface area contributed by atoms with Crippen LogP contribution in [0.4, 0.5) is 10.1 Å². The van der Waals surface area contributed by atoms with E-state index in [0.717, 1.165) is 18.5 Å². The van der Waals surface area contributed by atoms with Crippen LogP contribution in [0.1, 0.15) is 47.0 Å². The molecule has 0 heterocycles. The Labute approximate surface area is 124 Å².